The molecule has 0 heterocycles. The molecule has 1 saturated carbocycles. The second kappa shape index (κ2) is 4.52. The number of fused-ring (bicyclic) bond motifs is 1. The molecule has 0 bridgehead atoms. The zero-order valence-corrected chi connectivity index (χ0v) is 10.5. The fraction of sp³-hybridized carbons (Fsp3) is 0.375. The van der Waals surface area contributed by atoms with Gasteiger partial charge in [-0.25, -0.2) is 0 Å². The zero-order chi connectivity index (χ0) is 12.5. The summed E-state index contributed by atoms with van der Waals surface area (Å²) in [6.45, 7) is 0. The van der Waals surface area contributed by atoms with E-state index in [1.165, 1.54) is 32.1 Å². The van der Waals surface area contributed by atoms with Gasteiger partial charge in [0, 0.05) is 16.5 Å². The van der Waals surface area contributed by atoms with Crippen LogP contribution in [0.25, 0.3) is 10.8 Å². The van der Waals surface area contributed by atoms with Crippen LogP contribution in [0.4, 0.5) is 5.69 Å². The van der Waals surface area contributed by atoms with Gasteiger partial charge in [0.25, 0.3) is 0 Å². The molecule has 94 valence electrons. The Bertz CT molecular complexity index is 571. The molecule has 3 rings (SSSR count). The number of anilines is 1. The Balaban J connectivity index is 2.11. The number of phenols is 1. The normalized spacial score (nSPS) is 17.1. The van der Waals surface area contributed by atoms with Crippen LogP contribution in [0.3, 0.4) is 0 Å². The van der Waals surface area contributed by atoms with Crippen LogP contribution in [0, 0.1) is 0 Å². The minimum Gasteiger partial charge on any atom is -0.507 e. The van der Waals surface area contributed by atoms with E-state index in [4.69, 9.17) is 5.73 Å². The standard InChI is InChI=1S/C16H19NO/c17-15-8-4-7-14-13(15)10-9-12(16(14)18)11-5-2-1-3-6-11/h4,7-11,18H,1-3,5-6,17H2. The number of nitrogens with two attached hydrogens (primary N) is 1. The predicted octanol–water partition coefficient (Wildman–Crippen LogP) is 4.18. The summed E-state index contributed by atoms with van der Waals surface area (Å²) >= 11 is 0. The third-order valence-electron chi connectivity index (χ3n) is 4.14. The highest BCUT2D eigenvalue weighted by Gasteiger charge is 2.19. The Morgan fingerprint density at radius 2 is 1.72 bits per heavy atom. The summed E-state index contributed by atoms with van der Waals surface area (Å²) in [7, 11) is 0. The van der Waals surface area contributed by atoms with Crippen LogP contribution in [-0.4, -0.2) is 5.11 Å². The lowest BCUT2D eigenvalue weighted by atomic mass is 9.83. The summed E-state index contributed by atoms with van der Waals surface area (Å²) in [4.78, 5) is 0. The summed E-state index contributed by atoms with van der Waals surface area (Å²) in [5.41, 5.74) is 7.78. The Morgan fingerprint density at radius 3 is 2.50 bits per heavy atom. The van der Waals surface area contributed by atoms with E-state index in [2.05, 4.69) is 6.07 Å². The first kappa shape index (κ1) is 11.4. The molecule has 2 aromatic rings. The number of hydrogen-bond acceptors (Lipinski definition) is 2. The number of rotatable bonds is 1. The molecule has 0 saturated heterocycles. The van der Waals surface area contributed by atoms with Crippen LogP contribution in [-0.2, 0) is 0 Å². The zero-order valence-electron chi connectivity index (χ0n) is 10.5. The molecule has 0 spiro atoms. The van der Waals surface area contributed by atoms with Crippen LogP contribution < -0.4 is 5.73 Å². The van der Waals surface area contributed by atoms with Crippen LogP contribution >= 0.6 is 0 Å². The maximum absolute atomic E-state index is 10.5. The Hall–Kier alpha value is -1.70. The summed E-state index contributed by atoms with van der Waals surface area (Å²) < 4.78 is 0. The van der Waals surface area contributed by atoms with Gasteiger partial charge in [0.15, 0.2) is 0 Å². The number of phenolic OH excluding ortho intramolecular Hbond substituents is 1. The highest BCUT2D eigenvalue weighted by Crippen LogP contribution is 2.41. The number of hydrogen-bond donors (Lipinski definition) is 2. The van der Waals surface area contributed by atoms with Gasteiger partial charge in [0.2, 0.25) is 0 Å². The van der Waals surface area contributed by atoms with E-state index >= 15 is 0 Å². The van der Waals surface area contributed by atoms with E-state index in [-0.39, 0.29) is 0 Å². The average molecular weight is 241 g/mol. The van der Waals surface area contributed by atoms with E-state index in [9.17, 15) is 5.11 Å². The largest absolute Gasteiger partial charge is 0.507 e. The highest BCUT2D eigenvalue weighted by atomic mass is 16.3. The van der Waals surface area contributed by atoms with E-state index in [1.54, 1.807) is 0 Å². The summed E-state index contributed by atoms with van der Waals surface area (Å²) in [6.07, 6.45) is 6.28. The first-order chi connectivity index (χ1) is 8.77. The van der Waals surface area contributed by atoms with Crippen LogP contribution in [0.2, 0.25) is 0 Å². The fourth-order valence-corrected chi connectivity index (χ4v) is 3.13. The van der Waals surface area contributed by atoms with Gasteiger partial charge in [-0.3, -0.25) is 0 Å². The summed E-state index contributed by atoms with van der Waals surface area (Å²) in [5, 5.41) is 12.3. The quantitative estimate of drug-likeness (QED) is 0.736. The van der Waals surface area contributed by atoms with Crippen molar-refractivity contribution in [1.29, 1.82) is 0 Å². The molecule has 0 amide bonds. The molecule has 2 aromatic carbocycles. The third-order valence-corrected chi connectivity index (χ3v) is 4.14. The topological polar surface area (TPSA) is 46.2 Å². The van der Waals surface area contributed by atoms with E-state index in [1.807, 2.05) is 24.3 Å². The summed E-state index contributed by atoms with van der Waals surface area (Å²) in [6, 6.07) is 9.84. The molecule has 0 radical (unpaired) electrons. The number of aromatic hydroxyl groups is 1. The second-order valence-corrected chi connectivity index (χ2v) is 5.28. The van der Waals surface area contributed by atoms with Gasteiger partial charge in [-0.15, -0.1) is 0 Å². The molecule has 1 aliphatic carbocycles. The van der Waals surface area contributed by atoms with Crippen molar-refractivity contribution in [2.24, 2.45) is 0 Å². The van der Waals surface area contributed by atoms with Crippen LogP contribution in [0.15, 0.2) is 30.3 Å². The number of nitrogen functional groups attached to an aromatic ring is 1. The molecule has 3 N–H and O–H groups in total. The minimum absolute atomic E-state index is 0.437. The predicted molar refractivity (Wildman–Crippen MR) is 75.9 cm³/mol. The van der Waals surface area contributed by atoms with Gasteiger partial charge >= 0.3 is 0 Å². The SMILES string of the molecule is Nc1cccc2c(O)c(C3CCCCC3)ccc12. The lowest BCUT2D eigenvalue weighted by Crippen LogP contribution is -2.05. The monoisotopic (exact) mass is 241 g/mol. The smallest absolute Gasteiger partial charge is 0.126 e. The first-order valence-electron chi connectivity index (χ1n) is 6.77. The lowest BCUT2D eigenvalue weighted by Gasteiger charge is -2.23. The molecule has 2 heteroatoms. The number of benzene rings is 2. The molecule has 0 atom stereocenters. The van der Waals surface area contributed by atoms with Crippen LogP contribution in [0.5, 0.6) is 5.75 Å². The minimum atomic E-state index is 0.437. The van der Waals surface area contributed by atoms with Gasteiger partial charge in [0.1, 0.15) is 5.75 Å². The maximum atomic E-state index is 10.5. The van der Waals surface area contributed by atoms with Crippen molar-refractivity contribution in [1.82, 2.24) is 0 Å². The van der Waals surface area contributed by atoms with Gasteiger partial charge < -0.3 is 10.8 Å². The molecule has 18 heavy (non-hydrogen) atoms. The van der Waals surface area contributed by atoms with Gasteiger partial charge in [-0.2, -0.15) is 0 Å². The van der Waals surface area contributed by atoms with Crippen molar-refractivity contribution in [3.05, 3.63) is 35.9 Å². The fourth-order valence-electron chi connectivity index (χ4n) is 3.13. The molecule has 0 aliphatic heterocycles. The summed E-state index contributed by atoms with van der Waals surface area (Å²) in [5.74, 6) is 0.955. The van der Waals surface area contributed by atoms with Crippen molar-refractivity contribution in [2.75, 3.05) is 5.73 Å². The van der Waals surface area contributed by atoms with Crippen molar-refractivity contribution in [3.63, 3.8) is 0 Å². The molecule has 1 aliphatic rings. The Labute approximate surface area is 107 Å². The molecule has 0 aromatic heterocycles. The van der Waals surface area contributed by atoms with Crippen LogP contribution in [0.1, 0.15) is 43.6 Å². The van der Waals surface area contributed by atoms with Gasteiger partial charge in [0.05, 0.1) is 0 Å². The molecular formula is C16H19NO. The lowest BCUT2D eigenvalue weighted by molar-refractivity contribution is 0.417. The van der Waals surface area contributed by atoms with Crippen molar-refractivity contribution >= 4 is 16.5 Å². The average Bonchev–Trinajstić information content (AvgIpc) is 2.41. The van der Waals surface area contributed by atoms with Gasteiger partial charge in [-0.1, -0.05) is 43.5 Å². The van der Waals surface area contributed by atoms with E-state index in [0.717, 1.165) is 22.0 Å². The molecule has 2 nitrogen and oxygen atoms in total. The molecular weight excluding hydrogens is 222 g/mol. The van der Waals surface area contributed by atoms with E-state index in [0.29, 0.717) is 11.7 Å². The molecule has 0 unspecified atom stereocenters. The van der Waals surface area contributed by atoms with Crippen molar-refractivity contribution in [2.45, 2.75) is 38.0 Å². The third kappa shape index (κ3) is 1.82. The Kier molecular flexibility index (Phi) is 2.86. The first-order valence-corrected chi connectivity index (χ1v) is 6.77. The molecule has 1 fully saturated rings. The van der Waals surface area contributed by atoms with Crippen molar-refractivity contribution in [3.8, 4) is 5.75 Å². The van der Waals surface area contributed by atoms with Crippen molar-refractivity contribution < 1.29 is 5.11 Å². The highest BCUT2D eigenvalue weighted by molar-refractivity contribution is 5.97. The van der Waals surface area contributed by atoms with E-state index < -0.39 is 0 Å². The maximum Gasteiger partial charge on any atom is 0.126 e. The van der Waals surface area contributed by atoms with Gasteiger partial charge in [-0.05, 0) is 30.4 Å². The Morgan fingerprint density at radius 1 is 0.944 bits per heavy atom. The second-order valence-electron chi connectivity index (χ2n) is 5.28.